The lowest BCUT2D eigenvalue weighted by molar-refractivity contribution is 0.250. The van der Waals surface area contributed by atoms with Crippen molar-refractivity contribution in [2.75, 3.05) is 17.8 Å². The number of carbonyl (C=O) groups is 1. The highest BCUT2D eigenvalue weighted by Gasteiger charge is 2.06. The molecule has 1 aromatic heterocycles. The molecule has 0 unspecified atom stereocenters. The summed E-state index contributed by atoms with van der Waals surface area (Å²) in [5.41, 5.74) is 10.7. The molecule has 0 saturated heterocycles. The van der Waals surface area contributed by atoms with E-state index in [2.05, 4.69) is 26.1 Å². The van der Waals surface area contributed by atoms with Gasteiger partial charge in [-0.05, 0) is 12.1 Å². The van der Waals surface area contributed by atoms with Gasteiger partial charge in [0.1, 0.15) is 0 Å². The maximum Gasteiger partial charge on any atom is 0.330 e. The van der Waals surface area contributed by atoms with E-state index in [1.807, 2.05) is 24.3 Å². The van der Waals surface area contributed by atoms with Gasteiger partial charge >= 0.3 is 6.03 Å². The van der Waals surface area contributed by atoms with Gasteiger partial charge in [0.2, 0.25) is 5.95 Å². The average molecular weight is 232 g/mol. The second-order valence-corrected chi connectivity index (χ2v) is 3.28. The van der Waals surface area contributed by atoms with Crippen LogP contribution in [-0.4, -0.2) is 23.0 Å². The fraction of sp³-hybridized carbons (Fsp3) is 0.100. The molecular weight excluding hydrogens is 220 g/mol. The quantitative estimate of drug-likeness (QED) is 0.582. The van der Waals surface area contributed by atoms with Crippen molar-refractivity contribution in [3.8, 4) is 0 Å². The van der Waals surface area contributed by atoms with Gasteiger partial charge in [0.05, 0.1) is 5.52 Å². The van der Waals surface area contributed by atoms with E-state index in [9.17, 15) is 4.79 Å². The predicted molar refractivity (Wildman–Crippen MR) is 65.4 cm³/mol. The molecule has 7 nitrogen and oxygen atoms in total. The number of benzene rings is 1. The van der Waals surface area contributed by atoms with Crippen LogP contribution in [0.5, 0.6) is 0 Å². The maximum atomic E-state index is 10.7. The zero-order valence-corrected chi connectivity index (χ0v) is 9.19. The molecular formula is C10H12N6O. The lowest BCUT2D eigenvalue weighted by atomic mass is 10.2. The van der Waals surface area contributed by atoms with Gasteiger partial charge in [-0.25, -0.2) is 9.78 Å². The Labute approximate surface area is 97.4 Å². The standard InChI is InChI=1S/C10H12N6O/c1-12-10-13-7-5-3-2-4-6(7)8(14-10)15-16-9(11)17/h2-5H,1H3,(H3,11,16,17)(H2,12,13,14,15). The van der Waals surface area contributed by atoms with E-state index >= 15 is 0 Å². The molecule has 17 heavy (non-hydrogen) atoms. The SMILES string of the molecule is CNc1nc(NNC(N)=O)c2ccccc2n1. The predicted octanol–water partition coefficient (Wildman–Crippen LogP) is 0.667. The molecule has 2 amide bonds. The number of rotatable bonds is 3. The van der Waals surface area contributed by atoms with Crippen LogP contribution in [0.4, 0.5) is 16.6 Å². The summed E-state index contributed by atoms with van der Waals surface area (Å²) in [6.07, 6.45) is 0. The highest BCUT2D eigenvalue weighted by molar-refractivity contribution is 5.90. The zero-order chi connectivity index (χ0) is 12.3. The molecule has 0 atom stereocenters. The van der Waals surface area contributed by atoms with Crippen LogP contribution in [0, 0.1) is 0 Å². The van der Waals surface area contributed by atoms with Gasteiger partial charge in [-0.2, -0.15) is 4.98 Å². The number of urea groups is 1. The molecule has 0 bridgehead atoms. The Kier molecular flexibility index (Phi) is 2.91. The van der Waals surface area contributed by atoms with Crippen molar-refractivity contribution in [1.29, 1.82) is 0 Å². The Morgan fingerprint density at radius 3 is 2.76 bits per heavy atom. The van der Waals surface area contributed by atoms with Crippen molar-refractivity contribution < 1.29 is 4.79 Å². The van der Waals surface area contributed by atoms with E-state index in [1.165, 1.54) is 0 Å². The van der Waals surface area contributed by atoms with E-state index < -0.39 is 6.03 Å². The van der Waals surface area contributed by atoms with E-state index in [1.54, 1.807) is 7.05 Å². The first kappa shape index (κ1) is 10.9. The first-order valence-corrected chi connectivity index (χ1v) is 4.96. The van der Waals surface area contributed by atoms with Gasteiger partial charge < -0.3 is 11.1 Å². The first-order valence-electron chi connectivity index (χ1n) is 4.96. The molecule has 0 fully saturated rings. The maximum absolute atomic E-state index is 10.7. The fourth-order valence-electron chi connectivity index (χ4n) is 1.40. The third-order valence-electron chi connectivity index (χ3n) is 2.13. The number of primary amides is 1. The summed E-state index contributed by atoms with van der Waals surface area (Å²) in [5.74, 6) is 0.941. The molecule has 0 aliphatic carbocycles. The van der Waals surface area contributed by atoms with Crippen molar-refractivity contribution in [2.24, 2.45) is 5.73 Å². The number of hydrogen-bond donors (Lipinski definition) is 4. The van der Waals surface area contributed by atoms with Gasteiger partial charge in [-0.15, -0.1) is 0 Å². The van der Waals surface area contributed by atoms with Crippen LogP contribution in [0.15, 0.2) is 24.3 Å². The van der Waals surface area contributed by atoms with Crippen molar-refractivity contribution in [2.45, 2.75) is 0 Å². The van der Waals surface area contributed by atoms with Gasteiger partial charge in [0, 0.05) is 12.4 Å². The molecule has 2 rings (SSSR count). The molecule has 1 heterocycles. The Morgan fingerprint density at radius 1 is 1.29 bits per heavy atom. The van der Waals surface area contributed by atoms with Crippen molar-refractivity contribution in [3.63, 3.8) is 0 Å². The highest BCUT2D eigenvalue weighted by atomic mass is 16.2. The Bertz CT molecular complexity index is 555. The summed E-state index contributed by atoms with van der Waals surface area (Å²) in [6, 6.07) is 6.76. The third-order valence-corrected chi connectivity index (χ3v) is 2.13. The van der Waals surface area contributed by atoms with E-state index in [-0.39, 0.29) is 0 Å². The summed E-state index contributed by atoms with van der Waals surface area (Å²) in [4.78, 5) is 19.1. The van der Waals surface area contributed by atoms with Gasteiger partial charge in [-0.1, -0.05) is 12.1 Å². The van der Waals surface area contributed by atoms with Crippen LogP contribution >= 0.6 is 0 Å². The molecule has 0 aliphatic rings. The molecule has 0 aliphatic heterocycles. The highest BCUT2D eigenvalue weighted by Crippen LogP contribution is 2.20. The Hall–Kier alpha value is -2.57. The van der Waals surface area contributed by atoms with Crippen molar-refractivity contribution >= 4 is 28.7 Å². The minimum Gasteiger partial charge on any atom is -0.357 e. The Morgan fingerprint density at radius 2 is 2.06 bits per heavy atom. The average Bonchev–Trinajstić information content (AvgIpc) is 2.35. The number of nitrogens with zero attached hydrogens (tertiary/aromatic N) is 2. The minimum atomic E-state index is -0.682. The monoisotopic (exact) mass is 232 g/mol. The normalized spacial score (nSPS) is 9.94. The van der Waals surface area contributed by atoms with Gasteiger partial charge in [0.15, 0.2) is 5.82 Å². The molecule has 2 aromatic rings. The number of aromatic nitrogens is 2. The molecule has 7 heteroatoms. The minimum absolute atomic E-state index is 0.456. The zero-order valence-electron chi connectivity index (χ0n) is 9.19. The Balaban J connectivity index is 2.46. The number of hydrazine groups is 1. The summed E-state index contributed by atoms with van der Waals surface area (Å²) in [7, 11) is 1.72. The number of para-hydroxylation sites is 1. The third kappa shape index (κ3) is 2.33. The van der Waals surface area contributed by atoms with E-state index in [0.717, 1.165) is 10.9 Å². The van der Waals surface area contributed by atoms with E-state index in [0.29, 0.717) is 11.8 Å². The number of carbonyl (C=O) groups excluding carboxylic acids is 1. The lowest BCUT2D eigenvalue weighted by Crippen LogP contribution is -2.34. The molecule has 5 N–H and O–H groups in total. The summed E-state index contributed by atoms with van der Waals surface area (Å²) in [5, 5.41) is 3.63. The molecule has 0 saturated carbocycles. The number of hydrogen-bond acceptors (Lipinski definition) is 5. The number of nitrogens with two attached hydrogens (primary N) is 1. The van der Waals surface area contributed by atoms with Crippen LogP contribution in [0.1, 0.15) is 0 Å². The summed E-state index contributed by atoms with van der Waals surface area (Å²) < 4.78 is 0. The van der Waals surface area contributed by atoms with Gasteiger partial charge in [0.25, 0.3) is 0 Å². The smallest absolute Gasteiger partial charge is 0.330 e. The summed E-state index contributed by atoms with van der Waals surface area (Å²) in [6.45, 7) is 0. The molecule has 1 aromatic carbocycles. The molecule has 88 valence electrons. The summed E-state index contributed by atoms with van der Waals surface area (Å²) >= 11 is 0. The van der Waals surface area contributed by atoms with Crippen LogP contribution < -0.4 is 21.9 Å². The van der Waals surface area contributed by atoms with Crippen LogP contribution in [0.3, 0.4) is 0 Å². The number of anilines is 2. The molecule has 0 spiro atoms. The van der Waals surface area contributed by atoms with Gasteiger partial charge in [-0.3, -0.25) is 10.9 Å². The topological polar surface area (TPSA) is 105 Å². The van der Waals surface area contributed by atoms with E-state index in [4.69, 9.17) is 5.73 Å². The number of amides is 2. The molecule has 0 radical (unpaired) electrons. The first-order chi connectivity index (χ1) is 8.20. The number of nitrogens with one attached hydrogen (secondary N) is 3. The lowest BCUT2D eigenvalue weighted by Gasteiger charge is -2.09. The number of fused-ring (bicyclic) bond motifs is 1. The second kappa shape index (κ2) is 4.52. The largest absolute Gasteiger partial charge is 0.357 e. The van der Waals surface area contributed by atoms with Crippen LogP contribution in [0.2, 0.25) is 0 Å². The van der Waals surface area contributed by atoms with Crippen molar-refractivity contribution in [1.82, 2.24) is 15.4 Å². The van der Waals surface area contributed by atoms with Crippen LogP contribution in [0.25, 0.3) is 10.9 Å². The van der Waals surface area contributed by atoms with Crippen LogP contribution in [-0.2, 0) is 0 Å². The second-order valence-electron chi connectivity index (χ2n) is 3.28. The van der Waals surface area contributed by atoms with Crippen molar-refractivity contribution in [3.05, 3.63) is 24.3 Å². The fourth-order valence-corrected chi connectivity index (χ4v) is 1.40.